The molecular weight excluding hydrogens is 348 g/mol. The Morgan fingerprint density at radius 2 is 1.82 bits per heavy atom. The van der Waals surface area contributed by atoms with Crippen molar-refractivity contribution in [2.75, 3.05) is 11.4 Å². The van der Waals surface area contributed by atoms with E-state index in [9.17, 15) is 4.79 Å². The number of rotatable bonds is 4. The molecule has 1 unspecified atom stereocenters. The molecule has 0 aliphatic carbocycles. The molecule has 28 heavy (non-hydrogen) atoms. The number of hydrogen-bond acceptors (Lipinski definition) is 4. The van der Waals surface area contributed by atoms with Crippen LogP contribution in [0, 0.1) is 6.92 Å². The lowest BCUT2D eigenvalue weighted by Gasteiger charge is -2.30. The summed E-state index contributed by atoms with van der Waals surface area (Å²) in [4.78, 5) is 24.0. The Hall–Kier alpha value is -3.21. The second-order valence-corrected chi connectivity index (χ2v) is 7.15. The zero-order valence-electron chi connectivity index (χ0n) is 16.2. The van der Waals surface area contributed by atoms with Crippen molar-refractivity contribution in [2.24, 2.45) is 0 Å². The van der Waals surface area contributed by atoms with Gasteiger partial charge >= 0.3 is 0 Å². The van der Waals surface area contributed by atoms with Crippen molar-refractivity contribution in [3.05, 3.63) is 83.3 Å². The summed E-state index contributed by atoms with van der Waals surface area (Å²) in [5.74, 6) is 1.18. The fraction of sp³-hybridized carbons (Fsp3) is 0.261. The third-order valence-electron chi connectivity index (χ3n) is 5.09. The number of para-hydroxylation sites is 1. The molecule has 1 aliphatic heterocycles. The molecule has 3 aromatic rings. The number of benzene rings is 2. The monoisotopic (exact) mass is 372 g/mol. The first kappa shape index (κ1) is 18.2. The molecule has 5 nitrogen and oxygen atoms in total. The van der Waals surface area contributed by atoms with Crippen LogP contribution >= 0.6 is 0 Å². The largest absolute Gasteiger partial charge is 0.344 e. The number of amides is 1. The van der Waals surface area contributed by atoms with Gasteiger partial charge in [-0.15, -0.1) is 0 Å². The summed E-state index contributed by atoms with van der Waals surface area (Å²) >= 11 is 0. The maximum atomic E-state index is 12.8. The molecule has 1 aliphatic rings. The maximum absolute atomic E-state index is 12.8. The molecule has 1 atom stereocenters. The Balaban J connectivity index is 1.60. The molecule has 1 aromatic heterocycles. The standard InChI is InChI=1S/C23H24N4O/c1-16(18-9-4-3-5-10-18)24-23(28)20-15-22(26-17(2)25-20)27-14-8-12-19-11-6-7-13-21(19)27/h3-7,9-11,13,15-16H,8,12,14H2,1-2H3,(H,24,28). The van der Waals surface area contributed by atoms with Crippen LogP contribution in [0.1, 0.15) is 46.8 Å². The first-order valence-electron chi connectivity index (χ1n) is 9.69. The number of nitrogens with one attached hydrogen (secondary N) is 1. The number of anilines is 2. The van der Waals surface area contributed by atoms with Gasteiger partial charge < -0.3 is 10.2 Å². The zero-order chi connectivity index (χ0) is 19.5. The van der Waals surface area contributed by atoms with E-state index in [0.29, 0.717) is 11.5 Å². The highest BCUT2D eigenvalue weighted by molar-refractivity contribution is 5.93. The molecular formula is C23H24N4O. The van der Waals surface area contributed by atoms with Crippen LogP contribution in [0.5, 0.6) is 0 Å². The third-order valence-corrected chi connectivity index (χ3v) is 5.09. The minimum Gasteiger partial charge on any atom is -0.344 e. The van der Waals surface area contributed by atoms with Crippen LogP contribution in [0.25, 0.3) is 0 Å². The van der Waals surface area contributed by atoms with E-state index in [0.717, 1.165) is 36.5 Å². The smallest absolute Gasteiger partial charge is 0.270 e. The van der Waals surface area contributed by atoms with Gasteiger partial charge in [-0.25, -0.2) is 9.97 Å². The van der Waals surface area contributed by atoms with Crippen LogP contribution in [0.2, 0.25) is 0 Å². The highest BCUT2D eigenvalue weighted by atomic mass is 16.1. The molecule has 1 N–H and O–H groups in total. The molecule has 5 heteroatoms. The van der Waals surface area contributed by atoms with Gasteiger partial charge in [0.2, 0.25) is 0 Å². The molecule has 0 saturated heterocycles. The van der Waals surface area contributed by atoms with E-state index >= 15 is 0 Å². The van der Waals surface area contributed by atoms with Crippen molar-refractivity contribution in [2.45, 2.75) is 32.7 Å². The van der Waals surface area contributed by atoms with Gasteiger partial charge in [0.15, 0.2) is 0 Å². The predicted molar refractivity (Wildman–Crippen MR) is 111 cm³/mol. The van der Waals surface area contributed by atoms with Crippen LogP contribution in [0.15, 0.2) is 60.7 Å². The van der Waals surface area contributed by atoms with Gasteiger partial charge in [-0.2, -0.15) is 0 Å². The molecule has 142 valence electrons. The van der Waals surface area contributed by atoms with Gasteiger partial charge in [0.25, 0.3) is 5.91 Å². The molecule has 2 aromatic carbocycles. The van der Waals surface area contributed by atoms with E-state index in [1.807, 2.05) is 50.2 Å². The summed E-state index contributed by atoms with van der Waals surface area (Å²) in [7, 11) is 0. The van der Waals surface area contributed by atoms with Crippen LogP contribution < -0.4 is 10.2 Å². The number of carbonyl (C=O) groups excluding carboxylic acids is 1. The zero-order valence-corrected chi connectivity index (χ0v) is 16.2. The Morgan fingerprint density at radius 3 is 2.64 bits per heavy atom. The van der Waals surface area contributed by atoms with Crippen molar-refractivity contribution in [3.8, 4) is 0 Å². The van der Waals surface area contributed by atoms with Crippen LogP contribution in [-0.4, -0.2) is 22.4 Å². The fourth-order valence-corrected chi connectivity index (χ4v) is 3.67. The third kappa shape index (κ3) is 3.74. The molecule has 1 amide bonds. The van der Waals surface area contributed by atoms with E-state index in [1.165, 1.54) is 5.56 Å². The number of aryl methyl sites for hydroxylation is 2. The second kappa shape index (κ2) is 7.80. The average Bonchev–Trinajstić information content (AvgIpc) is 2.73. The topological polar surface area (TPSA) is 58.1 Å². The summed E-state index contributed by atoms with van der Waals surface area (Å²) in [5.41, 5.74) is 3.93. The summed E-state index contributed by atoms with van der Waals surface area (Å²) in [6.45, 7) is 4.69. The molecule has 2 heterocycles. The average molecular weight is 372 g/mol. The van der Waals surface area contributed by atoms with Crippen molar-refractivity contribution >= 4 is 17.4 Å². The lowest BCUT2D eigenvalue weighted by Crippen LogP contribution is -2.29. The number of carbonyl (C=O) groups is 1. The highest BCUT2D eigenvalue weighted by Crippen LogP contribution is 2.32. The fourth-order valence-electron chi connectivity index (χ4n) is 3.67. The SMILES string of the molecule is Cc1nc(C(=O)NC(C)c2ccccc2)cc(N2CCCc3ccccc32)n1. The number of aromatic nitrogens is 2. The minimum absolute atomic E-state index is 0.0943. The van der Waals surface area contributed by atoms with Crippen LogP contribution in [-0.2, 0) is 6.42 Å². The molecule has 0 spiro atoms. The lowest BCUT2D eigenvalue weighted by molar-refractivity contribution is 0.0934. The van der Waals surface area contributed by atoms with E-state index in [1.54, 1.807) is 6.07 Å². The predicted octanol–water partition coefficient (Wildman–Crippen LogP) is 4.36. The van der Waals surface area contributed by atoms with Gasteiger partial charge in [-0.3, -0.25) is 4.79 Å². The lowest BCUT2D eigenvalue weighted by atomic mass is 10.0. The Morgan fingerprint density at radius 1 is 1.07 bits per heavy atom. The normalized spacial score (nSPS) is 14.3. The number of fused-ring (bicyclic) bond motifs is 1. The highest BCUT2D eigenvalue weighted by Gasteiger charge is 2.21. The van der Waals surface area contributed by atoms with Gasteiger partial charge in [0.05, 0.1) is 6.04 Å². The molecule has 0 bridgehead atoms. The van der Waals surface area contributed by atoms with E-state index in [2.05, 4.69) is 38.4 Å². The van der Waals surface area contributed by atoms with Gasteiger partial charge in [0, 0.05) is 18.3 Å². The van der Waals surface area contributed by atoms with Crippen molar-refractivity contribution in [1.82, 2.24) is 15.3 Å². The molecule has 0 saturated carbocycles. The quantitative estimate of drug-likeness (QED) is 0.739. The van der Waals surface area contributed by atoms with Crippen molar-refractivity contribution in [3.63, 3.8) is 0 Å². The van der Waals surface area contributed by atoms with E-state index in [4.69, 9.17) is 0 Å². The Kier molecular flexibility index (Phi) is 5.06. The van der Waals surface area contributed by atoms with Gasteiger partial charge in [-0.05, 0) is 43.9 Å². The molecule has 0 radical (unpaired) electrons. The number of hydrogen-bond donors (Lipinski definition) is 1. The first-order chi connectivity index (χ1) is 13.6. The summed E-state index contributed by atoms with van der Waals surface area (Å²) in [6.07, 6.45) is 2.13. The van der Waals surface area contributed by atoms with Gasteiger partial charge in [0.1, 0.15) is 17.3 Å². The Bertz CT molecular complexity index is 987. The minimum atomic E-state index is -0.187. The van der Waals surface area contributed by atoms with Crippen LogP contribution in [0.4, 0.5) is 11.5 Å². The summed E-state index contributed by atoms with van der Waals surface area (Å²) in [6, 6.07) is 20.0. The first-order valence-corrected chi connectivity index (χ1v) is 9.69. The molecule has 0 fully saturated rings. The maximum Gasteiger partial charge on any atom is 0.270 e. The van der Waals surface area contributed by atoms with Gasteiger partial charge in [-0.1, -0.05) is 48.5 Å². The summed E-state index contributed by atoms with van der Waals surface area (Å²) in [5, 5.41) is 3.04. The van der Waals surface area contributed by atoms with E-state index < -0.39 is 0 Å². The molecule has 4 rings (SSSR count). The summed E-state index contributed by atoms with van der Waals surface area (Å²) < 4.78 is 0. The van der Waals surface area contributed by atoms with E-state index in [-0.39, 0.29) is 11.9 Å². The second-order valence-electron chi connectivity index (χ2n) is 7.15. The van der Waals surface area contributed by atoms with Crippen molar-refractivity contribution < 1.29 is 4.79 Å². The van der Waals surface area contributed by atoms with Crippen molar-refractivity contribution in [1.29, 1.82) is 0 Å². The Labute approximate surface area is 165 Å². The number of nitrogens with zero attached hydrogens (tertiary/aromatic N) is 3. The van der Waals surface area contributed by atoms with Crippen LogP contribution in [0.3, 0.4) is 0 Å².